The number of nitrogens with zero attached hydrogens (tertiary/aromatic N) is 4. The Hall–Kier alpha value is -3.02. The van der Waals surface area contributed by atoms with Crippen LogP contribution in [0.1, 0.15) is 12.2 Å². The zero-order valence-corrected chi connectivity index (χ0v) is 15.5. The number of fused-ring (bicyclic) bond motifs is 1. The molecule has 0 atom stereocenters. The van der Waals surface area contributed by atoms with Gasteiger partial charge in [-0.1, -0.05) is 6.07 Å². The molecule has 0 unspecified atom stereocenters. The van der Waals surface area contributed by atoms with Crippen LogP contribution in [0.5, 0.6) is 5.75 Å². The minimum atomic E-state index is 0.206. The van der Waals surface area contributed by atoms with Gasteiger partial charge in [0, 0.05) is 50.9 Å². The first kappa shape index (κ1) is 17.4. The van der Waals surface area contributed by atoms with Crippen LogP contribution >= 0.6 is 0 Å². The summed E-state index contributed by atoms with van der Waals surface area (Å²) < 4.78 is 7.26. The third kappa shape index (κ3) is 3.74. The number of methoxy groups -OCH3 is 1. The summed E-state index contributed by atoms with van der Waals surface area (Å²) in [5.74, 6) is 2.01. The number of anilines is 1. The average molecular weight is 364 g/mol. The number of piperazine rings is 1. The summed E-state index contributed by atoms with van der Waals surface area (Å²) in [6.07, 6.45) is 5.01. The lowest BCUT2D eigenvalue weighted by atomic mass is 10.2. The number of amides is 1. The maximum Gasteiger partial charge on any atom is 0.223 e. The van der Waals surface area contributed by atoms with Gasteiger partial charge < -0.3 is 18.9 Å². The molecule has 3 aromatic rings. The van der Waals surface area contributed by atoms with Crippen LogP contribution in [-0.2, 0) is 11.2 Å². The van der Waals surface area contributed by atoms with E-state index in [0.29, 0.717) is 12.8 Å². The van der Waals surface area contributed by atoms with Gasteiger partial charge >= 0.3 is 0 Å². The van der Waals surface area contributed by atoms with Crippen molar-refractivity contribution in [1.29, 1.82) is 0 Å². The lowest BCUT2D eigenvalue weighted by Crippen LogP contribution is -2.48. The Morgan fingerprint density at radius 2 is 1.85 bits per heavy atom. The van der Waals surface area contributed by atoms with E-state index in [0.717, 1.165) is 43.3 Å². The van der Waals surface area contributed by atoms with Crippen LogP contribution in [0.15, 0.2) is 54.9 Å². The molecule has 1 aliphatic rings. The number of pyridine rings is 1. The molecule has 140 valence electrons. The lowest BCUT2D eigenvalue weighted by Gasteiger charge is -2.36. The molecule has 0 N–H and O–H groups in total. The van der Waals surface area contributed by atoms with Crippen molar-refractivity contribution in [2.75, 3.05) is 38.2 Å². The van der Waals surface area contributed by atoms with Crippen molar-refractivity contribution in [2.45, 2.75) is 12.8 Å². The van der Waals surface area contributed by atoms with E-state index in [4.69, 9.17) is 4.74 Å². The number of hydrogen-bond donors (Lipinski definition) is 0. The fourth-order valence-electron chi connectivity index (χ4n) is 3.57. The Balaban J connectivity index is 1.30. The van der Waals surface area contributed by atoms with E-state index in [1.165, 1.54) is 5.69 Å². The van der Waals surface area contributed by atoms with Gasteiger partial charge in [-0.2, -0.15) is 0 Å². The third-order valence-electron chi connectivity index (χ3n) is 5.15. The van der Waals surface area contributed by atoms with Gasteiger partial charge in [-0.05, 0) is 36.4 Å². The molecule has 1 amide bonds. The van der Waals surface area contributed by atoms with Gasteiger partial charge in [-0.3, -0.25) is 4.79 Å². The van der Waals surface area contributed by atoms with Gasteiger partial charge in [0.15, 0.2) is 0 Å². The second-order valence-corrected chi connectivity index (χ2v) is 6.74. The SMILES string of the molecule is COc1ccc(N2CCN(C(=O)CCc3ncc4ccccn34)CC2)cc1. The number of aromatic nitrogens is 2. The molecule has 4 rings (SSSR count). The van der Waals surface area contributed by atoms with Gasteiger partial charge in [0.1, 0.15) is 11.6 Å². The number of carbonyl (C=O) groups is 1. The van der Waals surface area contributed by atoms with Crippen LogP contribution < -0.4 is 9.64 Å². The molecule has 6 nitrogen and oxygen atoms in total. The van der Waals surface area contributed by atoms with Crippen molar-refractivity contribution in [2.24, 2.45) is 0 Å². The first-order valence-corrected chi connectivity index (χ1v) is 9.32. The molecule has 6 heteroatoms. The van der Waals surface area contributed by atoms with Gasteiger partial charge in [0.25, 0.3) is 0 Å². The predicted molar refractivity (Wildman–Crippen MR) is 105 cm³/mol. The highest BCUT2D eigenvalue weighted by Gasteiger charge is 2.21. The number of aryl methyl sites for hydroxylation is 1. The second-order valence-electron chi connectivity index (χ2n) is 6.74. The Morgan fingerprint density at radius 1 is 1.07 bits per heavy atom. The van der Waals surface area contributed by atoms with Crippen LogP contribution in [0, 0.1) is 0 Å². The fourth-order valence-corrected chi connectivity index (χ4v) is 3.57. The molecule has 1 saturated heterocycles. The predicted octanol–water partition coefficient (Wildman–Crippen LogP) is 2.62. The molecular formula is C21H24N4O2. The molecule has 0 spiro atoms. The topological polar surface area (TPSA) is 50.1 Å². The summed E-state index contributed by atoms with van der Waals surface area (Å²) >= 11 is 0. The van der Waals surface area contributed by atoms with Crippen LogP contribution in [0.4, 0.5) is 5.69 Å². The van der Waals surface area contributed by atoms with Crippen molar-refractivity contribution in [3.63, 3.8) is 0 Å². The summed E-state index contributed by atoms with van der Waals surface area (Å²) in [7, 11) is 1.67. The smallest absolute Gasteiger partial charge is 0.223 e. The highest BCUT2D eigenvalue weighted by molar-refractivity contribution is 5.76. The number of ether oxygens (including phenoxy) is 1. The molecule has 0 radical (unpaired) electrons. The van der Waals surface area contributed by atoms with Crippen LogP contribution in [0.3, 0.4) is 0 Å². The third-order valence-corrected chi connectivity index (χ3v) is 5.15. The quantitative estimate of drug-likeness (QED) is 0.698. The average Bonchev–Trinajstić information content (AvgIpc) is 3.15. The van der Waals surface area contributed by atoms with E-state index in [1.54, 1.807) is 7.11 Å². The normalized spacial score (nSPS) is 14.6. The van der Waals surface area contributed by atoms with E-state index in [1.807, 2.05) is 47.6 Å². The van der Waals surface area contributed by atoms with Crippen molar-refractivity contribution < 1.29 is 9.53 Å². The number of imidazole rings is 1. The minimum Gasteiger partial charge on any atom is -0.497 e. The fraction of sp³-hybridized carbons (Fsp3) is 0.333. The van der Waals surface area contributed by atoms with E-state index in [9.17, 15) is 4.79 Å². The van der Waals surface area contributed by atoms with Crippen molar-refractivity contribution in [3.8, 4) is 5.75 Å². The van der Waals surface area contributed by atoms with Crippen LogP contribution in [-0.4, -0.2) is 53.5 Å². The Kier molecular flexibility index (Phi) is 4.96. The Labute approximate surface area is 159 Å². The van der Waals surface area contributed by atoms with E-state index < -0.39 is 0 Å². The summed E-state index contributed by atoms with van der Waals surface area (Å²) in [6, 6.07) is 14.1. The summed E-state index contributed by atoms with van der Waals surface area (Å²) in [4.78, 5) is 21.3. The van der Waals surface area contributed by atoms with Crippen molar-refractivity contribution in [3.05, 3.63) is 60.7 Å². The zero-order valence-electron chi connectivity index (χ0n) is 15.5. The summed E-state index contributed by atoms with van der Waals surface area (Å²) in [5, 5.41) is 0. The largest absolute Gasteiger partial charge is 0.497 e. The number of carbonyl (C=O) groups excluding carboxylic acids is 1. The second kappa shape index (κ2) is 7.70. The van der Waals surface area contributed by atoms with Crippen molar-refractivity contribution >= 4 is 17.1 Å². The van der Waals surface area contributed by atoms with Gasteiger partial charge in [0.05, 0.1) is 18.8 Å². The van der Waals surface area contributed by atoms with Gasteiger partial charge in [0.2, 0.25) is 5.91 Å². The van der Waals surface area contributed by atoms with E-state index >= 15 is 0 Å². The first-order valence-electron chi connectivity index (χ1n) is 9.32. The molecule has 0 bridgehead atoms. The highest BCUT2D eigenvalue weighted by Crippen LogP contribution is 2.20. The zero-order chi connectivity index (χ0) is 18.6. The monoisotopic (exact) mass is 364 g/mol. The Morgan fingerprint density at radius 3 is 2.59 bits per heavy atom. The number of rotatable bonds is 5. The molecule has 1 fully saturated rings. The molecule has 27 heavy (non-hydrogen) atoms. The standard InChI is InChI=1S/C21H24N4O2/c1-27-19-7-5-17(6-8-19)23-12-14-24(15-13-23)21(26)10-9-20-22-16-18-4-2-3-11-25(18)20/h2-8,11,16H,9-10,12-15H2,1H3. The highest BCUT2D eigenvalue weighted by atomic mass is 16.5. The lowest BCUT2D eigenvalue weighted by molar-refractivity contribution is -0.131. The van der Waals surface area contributed by atoms with Crippen LogP contribution in [0.2, 0.25) is 0 Å². The maximum atomic E-state index is 12.6. The van der Waals surface area contributed by atoms with Crippen molar-refractivity contribution in [1.82, 2.24) is 14.3 Å². The van der Waals surface area contributed by atoms with E-state index in [2.05, 4.69) is 26.4 Å². The minimum absolute atomic E-state index is 0.206. The molecular weight excluding hydrogens is 340 g/mol. The molecule has 1 aliphatic heterocycles. The number of benzene rings is 1. The molecule has 3 heterocycles. The molecule has 1 aromatic carbocycles. The first-order chi connectivity index (χ1) is 13.2. The maximum absolute atomic E-state index is 12.6. The number of hydrogen-bond acceptors (Lipinski definition) is 4. The van der Waals surface area contributed by atoms with Gasteiger partial charge in [-0.15, -0.1) is 0 Å². The summed E-state index contributed by atoms with van der Waals surface area (Å²) in [5.41, 5.74) is 2.24. The summed E-state index contributed by atoms with van der Waals surface area (Å²) in [6.45, 7) is 3.22. The molecule has 2 aromatic heterocycles. The molecule has 0 saturated carbocycles. The van der Waals surface area contributed by atoms with Crippen LogP contribution in [0.25, 0.3) is 5.52 Å². The molecule has 0 aliphatic carbocycles. The van der Waals surface area contributed by atoms with Gasteiger partial charge in [-0.25, -0.2) is 4.98 Å². The Bertz CT molecular complexity index is 911. The van der Waals surface area contributed by atoms with E-state index in [-0.39, 0.29) is 5.91 Å².